The first kappa shape index (κ1) is 16.0. The van der Waals surface area contributed by atoms with Crippen molar-refractivity contribution in [3.63, 3.8) is 0 Å². The van der Waals surface area contributed by atoms with Crippen LogP contribution < -0.4 is 10.1 Å². The van der Waals surface area contributed by atoms with Crippen LogP contribution in [-0.2, 0) is 0 Å². The minimum absolute atomic E-state index is 0.121. The molecule has 2 nitrogen and oxygen atoms in total. The first-order valence-electron chi connectivity index (χ1n) is 7.61. The van der Waals surface area contributed by atoms with Gasteiger partial charge >= 0.3 is 6.61 Å². The second kappa shape index (κ2) is 8.13. The van der Waals surface area contributed by atoms with E-state index >= 15 is 0 Å². The zero-order valence-corrected chi connectivity index (χ0v) is 12.4. The van der Waals surface area contributed by atoms with Gasteiger partial charge in [-0.3, -0.25) is 0 Å². The molecule has 1 aliphatic rings. The van der Waals surface area contributed by atoms with Crippen molar-refractivity contribution < 1.29 is 13.5 Å². The quantitative estimate of drug-likeness (QED) is 0.727. The van der Waals surface area contributed by atoms with E-state index in [0.717, 1.165) is 18.5 Å². The minimum atomic E-state index is -2.78. The highest BCUT2D eigenvalue weighted by Gasteiger charge is 2.09. The Morgan fingerprint density at radius 1 is 1.29 bits per heavy atom. The Labute approximate surface area is 125 Å². The molecular weight excluding hydrogens is 272 g/mol. The Morgan fingerprint density at radius 3 is 2.86 bits per heavy atom. The summed E-state index contributed by atoms with van der Waals surface area (Å²) in [5.41, 5.74) is 2.50. The van der Waals surface area contributed by atoms with Crippen LogP contribution in [0.25, 0.3) is 0 Å². The molecule has 1 unspecified atom stereocenters. The van der Waals surface area contributed by atoms with Crippen molar-refractivity contribution in [3.05, 3.63) is 41.5 Å². The summed E-state index contributed by atoms with van der Waals surface area (Å²) in [6, 6.07) is 7.01. The molecule has 0 aromatic heterocycles. The van der Waals surface area contributed by atoms with Crippen LogP contribution in [-0.4, -0.2) is 13.2 Å². The molecule has 1 aromatic carbocycles. The first-order chi connectivity index (χ1) is 10.1. The van der Waals surface area contributed by atoms with Crippen LogP contribution in [0.1, 0.15) is 50.6 Å². The summed E-state index contributed by atoms with van der Waals surface area (Å²) in [6.45, 7) is 0.172. The fraction of sp³-hybridized carbons (Fsp3) is 0.529. The van der Waals surface area contributed by atoms with Gasteiger partial charge in [0, 0.05) is 6.04 Å². The van der Waals surface area contributed by atoms with Crippen LogP contribution in [0.5, 0.6) is 5.75 Å². The van der Waals surface area contributed by atoms with Crippen molar-refractivity contribution >= 4 is 0 Å². The summed E-state index contributed by atoms with van der Waals surface area (Å²) in [5.74, 6) is 0.214. The van der Waals surface area contributed by atoms with Crippen molar-refractivity contribution in [2.24, 2.45) is 0 Å². The number of nitrogens with one attached hydrogen (secondary N) is 1. The second-order valence-corrected chi connectivity index (χ2v) is 5.48. The van der Waals surface area contributed by atoms with Crippen molar-refractivity contribution in [2.75, 3.05) is 6.54 Å². The predicted molar refractivity (Wildman–Crippen MR) is 80.7 cm³/mol. The van der Waals surface area contributed by atoms with Gasteiger partial charge in [-0.25, -0.2) is 0 Å². The lowest BCUT2D eigenvalue weighted by molar-refractivity contribution is -0.0499. The number of rotatable bonds is 7. The summed E-state index contributed by atoms with van der Waals surface area (Å²) in [4.78, 5) is 0. The molecule has 0 spiro atoms. The fourth-order valence-corrected chi connectivity index (χ4v) is 2.66. The number of ether oxygens (including phenoxy) is 1. The molecule has 0 bridgehead atoms. The lowest BCUT2D eigenvalue weighted by atomic mass is 9.97. The molecule has 0 radical (unpaired) electrons. The van der Waals surface area contributed by atoms with E-state index in [1.54, 1.807) is 18.2 Å². The van der Waals surface area contributed by atoms with E-state index in [0.29, 0.717) is 0 Å². The minimum Gasteiger partial charge on any atom is -0.435 e. The highest BCUT2D eigenvalue weighted by Crippen LogP contribution is 2.22. The second-order valence-electron chi connectivity index (χ2n) is 5.48. The molecule has 0 fully saturated rings. The molecule has 4 heteroatoms. The molecule has 0 aliphatic heterocycles. The van der Waals surface area contributed by atoms with Gasteiger partial charge in [0.1, 0.15) is 5.75 Å². The van der Waals surface area contributed by atoms with Gasteiger partial charge in [0.2, 0.25) is 0 Å². The third kappa shape index (κ3) is 5.46. The predicted octanol–water partition coefficient (Wildman–Crippen LogP) is 4.83. The van der Waals surface area contributed by atoms with Crippen LogP contribution in [0.3, 0.4) is 0 Å². The van der Waals surface area contributed by atoms with E-state index in [1.807, 2.05) is 13.0 Å². The molecule has 1 N–H and O–H groups in total. The molecule has 1 aromatic rings. The lowest BCUT2D eigenvalue weighted by Gasteiger charge is -2.17. The van der Waals surface area contributed by atoms with Gasteiger partial charge in [-0.05, 0) is 63.3 Å². The summed E-state index contributed by atoms with van der Waals surface area (Å²) >= 11 is 0. The SMILES string of the molecule is CC(NCCC1=CCCCC1)c1cccc(OC(F)F)c1. The van der Waals surface area contributed by atoms with E-state index in [4.69, 9.17) is 0 Å². The first-order valence-corrected chi connectivity index (χ1v) is 7.61. The van der Waals surface area contributed by atoms with E-state index in [1.165, 1.54) is 31.3 Å². The lowest BCUT2D eigenvalue weighted by Crippen LogP contribution is -2.20. The monoisotopic (exact) mass is 295 g/mol. The van der Waals surface area contributed by atoms with E-state index in [2.05, 4.69) is 16.1 Å². The summed E-state index contributed by atoms with van der Waals surface area (Å²) in [6.07, 6.45) is 8.45. The Bertz CT molecular complexity index is 474. The molecule has 21 heavy (non-hydrogen) atoms. The highest BCUT2D eigenvalue weighted by molar-refractivity contribution is 5.30. The van der Waals surface area contributed by atoms with Crippen LogP contribution in [0.4, 0.5) is 8.78 Å². The molecule has 2 rings (SSSR count). The third-order valence-electron chi connectivity index (χ3n) is 3.86. The fourth-order valence-electron chi connectivity index (χ4n) is 2.66. The number of allylic oxidation sites excluding steroid dienone is 1. The van der Waals surface area contributed by atoms with Crippen LogP contribution in [0.15, 0.2) is 35.9 Å². The van der Waals surface area contributed by atoms with Gasteiger partial charge in [0.15, 0.2) is 0 Å². The average Bonchev–Trinajstić information content (AvgIpc) is 2.48. The summed E-state index contributed by atoms with van der Waals surface area (Å²) < 4.78 is 28.9. The van der Waals surface area contributed by atoms with Gasteiger partial charge in [-0.1, -0.05) is 23.8 Å². The van der Waals surface area contributed by atoms with Crippen molar-refractivity contribution in [1.82, 2.24) is 5.32 Å². The van der Waals surface area contributed by atoms with Gasteiger partial charge in [-0.15, -0.1) is 0 Å². The third-order valence-corrected chi connectivity index (χ3v) is 3.86. The molecule has 116 valence electrons. The van der Waals surface area contributed by atoms with Gasteiger partial charge < -0.3 is 10.1 Å². The van der Waals surface area contributed by atoms with Gasteiger partial charge in [0.05, 0.1) is 0 Å². The van der Waals surface area contributed by atoms with Crippen LogP contribution >= 0.6 is 0 Å². The van der Waals surface area contributed by atoms with E-state index in [9.17, 15) is 8.78 Å². The molecule has 1 aliphatic carbocycles. The van der Waals surface area contributed by atoms with Crippen LogP contribution in [0, 0.1) is 0 Å². The number of hydrogen-bond acceptors (Lipinski definition) is 2. The largest absolute Gasteiger partial charge is 0.435 e. The Kier molecular flexibility index (Phi) is 6.18. The Hall–Kier alpha value is -1.42. The molecule has 0 heterocycles. The molecule has 0 saturated carbocycles. The van der Waals surface area contributed by atoms with Crippen LogP contribution in [0.2, 0.25) is 0 Å². The maximum absolute atomic E-state index is 12.2. The maximum Gasteiger partial charge on any atom is 0.387 e. The smallest absolute Gasteiger partial charge is 0.387 e. The Balaban J connectivity index is 1.82. The summed E-state index contributed by atoms with van der Waals surface area (Å²) in [7, 11) is 0. The molecular formula is C17H23F2NO. The molecule has 0 amide bonds. The molecule has 0 saturated heterocycles. The van der Waals surface area contributed by atoms with Crippen molar-refractivity contribution in [3.8, 4) is 5.75 Å². The topological polar surface area (TPSA) is 21.3 Å². The number of halogens is 2. The van der Waals surface area contributed by atoms with Gasteiger partial charge in [0.25, 0.3) is 0 Å². The van der Waals surface area contributed by atoms with Crippen molar-refractivity contribution in [2.45, 2.75) is 51.7 Å². The Morgan fingerprint density at radius 2 is 2.14 bits per heavy atom. The van der Waals surface area contributed by atoms with E-state index < -0.39 is 6.61 Å². The van der Waals surface area contributed by atoms with Gasteiger partial charge in [-0.2, -0.15) is 8.78 Å². The number of alkyl halides is 2. The van der Waals surface area contributed by atoms with E-state index in [-0.39, 0.29) is 11.8 Å². The highest BCUT2D eigenvalue weighted by atomic mass is 19.3. The zero-order valence-electron chi connectivity index (χ0n) is 12.4. The standard InChI is InChI=1S/C17H23F2NO/c1-13(20-11-10-14-6-3-2-4-7-14)15-8-5-9-16(12-15)21-17(18)19/h5-6,8-9,12-13,17,20H,2-4,7,10-11H2,1H3. The number of hydrogen-bond donors (Lipinski definition) is 1. The normalized spacial score (nSPS) is 16.7. The van der Waals surface area contributed by atoms with Crippen molar-refractivity contribution in [1.29, 1.82) is 0 Å². The number of benzene rings is 1. The summed E-state index contributed by atoms with van der Waals surface area (Å²) in [5, 5.41) is 3.44. The zero-order chi connectivity index (χ0) is 15.1. The molecule has 1 atom stereocenters. The average molecular weight is 295 g/mol. The maximum atomic E-state index is 12.2.